The molecule has 0 fully saturated rings. The fourth-order valence-corrected chi connectivity index (χ4v) is 1.23. The Morgan fingerprint density at radius 3 is 2.87 bits per heavy atom. The van der Waals surface area contributed by atoms with E-state index in [0.717, 1.165) is 0 Å². The Morgan fingerprint density at radius 1 is 1.67 bits per heavy atom. The second kappa shape index (κ2) is 4.75. The molecule has 5 heteroatoms. The van der Waals surface area contributed by atoms with E-state index in [1.807, 2.05) is 0 Å². The Kier molecular flexibility index (Phi) is 3.62. The highest BCUT2D eigenvalue weighted by atomic mass is 19.1. The third kappa shape index (κ3) is 2.92. The van der Waals surface area contributed by atoms with Crippen molar-refractivity contribution in [3.63, 3.8) is 0 Å². The van der Waals surface area contributed by atoms with Gasteiger partial charge in [0, 0.05) is 6.42 Å². The molecule has 1 atom stereocenters. The average molecular weight is 213 g/mol. The largest absolute Gasteiger partial charge is 0.496 e. The van der Waals surface area contributed by atoms with Gasteiger partial charge in [0.2, 0.25) is 0 Å². The van der Waals surface area contributed by atoms with Gasteiger partial charge in [-0.15, -0.1) is 0 Å². The van der Waals surface area contributed by atoms with Gasteiger partial charge in [-0.05, 0) is 23.8 Å². The zero-order valence-corrected chi connectivity index (χ0v) is 8.24. The lowest BCUT2D eigenvalue weighted by atomic mass is 10.1. The van der Waals surface area contributed by atoms with Crippen molar-refractivity contribution in [1.29, 1.82) is 0 Å². The van der Waals surface area contributed by atoms with Gasteiger partial charge in [0.25, 0.3) is 0 Å². The Labute approximate surface area is 86.5 Å². The number of hydrogen-bond acceptors (Lipinski definition) is 3. The van der Waals surface area contributed by atoms with Crippen LogP contribution in [0.1, 0.15) is 5.56 Å². The minimum Gasteiger partial charge on any atom is -0.496 e. The summed E-state index contributed by atoms with van der Waals surface area (Å²) in [4.78, 5) is 10.5. The summed E-state index contributed by atoms with van der Waals surface area (Å²) in [7, 11) is 1.43. The van der Waals surface area contributed by atoms with Crippen molar-refractivity contribution in [2.75, 3.05) is 7.11 Å². The summed E-state index contributed by atoms with van der Waals surface area (Å²) in [6, 6.07) is 2.86. The molecule has 0 aliphatic carbocycles. The summed E-state index contributed by atoms with van der Waals surface area (Å²) in [5.41, 5.74) is 5.80. The van der Waals surface area contributed by atoms with Gasteiger partial charge in [-0.1, -0.05) is 0 Å². The smallest absolute Gasteiger partial charge is 0.320 e. The lowest BCUT2D eigenvalue weighted by molar-refractivity contribution is -0.138. The Bertz CT molecular complexity index is 368. The highest BCUT2D eigenvalue weighted by Gasteiger charge is 2.15. The van der Waals surface area contributed by atoms with E-state index in [0.29, 0.717) is 11.3 Å². The number of halogens is 1. The number of nitrogens with two attached hydrogens (primary N) is 1. The summed E-state index contributed by atoms with van der Waals surface area (Å²) in [5, 5.41) is 8.62. The van der Waals surface area contributed by atoms with E-state index in [-0.39, 0.29) is 6.42 Å². The van der Waals surface area contributed by atoms with Crippen LogP contribution in [0.3, 0.4) is 0 Å². The van der Waals surface area contributed by atoms with Crippen LogP contribution < -0.4 is 10.5 Å². The number of benzene rings is 1. The van der Waals surface area contributed by atoms with Gasteiger partial charge in [0.1, 0.15) is 17.6 Å². The number of ether oxygens (including phenoxy) is 1. The van der Waals surface area contributed by atoms with Gasteiger partial charge in [-0.25, -0.2) is 4.39 Å². The van der Waals surface area contributed by atoms with Crippen molar-refractivity contribution in [1.82, 2.24) is 0 Å². The van der Waals surface area contributed by atoms with Crippen molar-refractivity contribution < 1.29 is 19.0 Å². The number of carbonyl (C=O) groups is 1. The number of carboxylic acid groups (broad SMARTS) is 1. The van der Waals surface area contributed by atoms with Gasteiger partial charge in [0.15, 0.2) is 0 Å². The first kappa shape index (κ1) is 11.5. The first-order valence-corrected chi connectivity index (χ1v) is 4.35. The minimum absolute atomic E-state index is 0.0380. The molecule has 0 saturated heterocycles. The number of carboxylic acids is 1. The molecule has 15 heavy (non-hydrogen) atoms. The van der Waals surface area contributed by atoms with Crippen LogP contribution in [0.2, 0.25) is 0 Å². The molecule has 1 unspecified atom stereocenters. The highest BCUT2D eigenvalue weighted by Crippen LogP contribution is 2.20. The van der Waals surface area contributed by atoms with Gasteiger partial charge >= 0.3 is 5.97 Å². The van der Waals surface area contributed by atoms with Crippen molar-refractivity contribution in [3.05, 3.63) is 29.6 Å². The molecule has 0 spiro atoms. The number of methoxy groups -OCH3 is 1. The van der Waals surface area contributed by atoms with Crippen LogP contribution in [0.15, 0.2) is 18.2 Å². The molecule has 1 aromatic rings. The number of rotatable bonds is 4. The lowest BCUT2D eigenvalue weighted by Gasteiger charge is -2.10. The SMILES string of the molecule is COc1ccc(F)cc1CC(N)C(=O)O. The van der Waals surface area contributed by atoms with E-state index < -0.39 is 17.8 Å². The standard InChI is InChI=1S/C10H12FNO3/c1-15-9-3-2-7(11)4-6(9)5-8(12)10(13)14/h2-4,8H,5,12H2,1H3,(H,13,14). The molecule has 1 rings (SSSR count). The molecule has 0 heterocycles. The summed E-state index contributed by atoms with van der Waals surface area (Å²) in [5.74, 6) is -1.13. The van der Waals surface area contributed by atoms with Crippen LogP contribution in [0.25, 0.3) is 0 Å². The zero-order chi connectivity index (χ0) is 11.4. The predicted octanol–water partition coefficient (Wildman–Crippen LogP) is 0.789. The third-order valence-electron chi connectivity index (χ3n) is 2.00. The Hall–Kier alpha value is -1.62. The second-order valence-corrected chi connectivity index (χ2v) is 3.11. The first-order valence-electron chi connectivity index (χ1n) is 4.35. The van der Waals surface area contributed by atoms with E-state index >= 15 is 0 Å². The van der Waals surface area contributed by atoms with Crippen molar-refractivity contribution in [2.45, 2.75) is 12.5 Å². The maximum atomic E-state index is 12.9. The average Bonchev–Trinajstić information content (AvgIpc) is 2.18. The monoisotopic (exact) mass is 213 g/mol. The van der Waals surface area contributed by atoms with Gasteiger partial charge in [-0.3, -0.25) is 4.79 Å². The van der Waals surface area contributed by atoms with E-state index in [1.165, 1.54) is 25.3 Å². The van der Waals surface area contributed by atoms with Crippen LogP contribution in [-0.2, 0) is 11.2 Å². The molecular formula is C10H12FNO3. The van der Waals surface area contributed by atoms with Crippen molar-refractivity contribution in [2.24, 2.45) is 5.73 Å². The topological polar surface area (TPSA) is 72.5 Å². The molecule has 0 radical (unpaired) electrons. The van der Waals surface area contributed by atoms with Crippen LogP contribution in [-0.4, -0.2) is 24.2 Å². The maximum Gasteiger partial charge on any atom is 0.320 e. The molecule has 82 valence electrons. The highest BCUT2D eigenvalue weighted by molar-refractivity contribution is 5.73. The summed E-state index contributed by atoms with van der Waals surface area (Å²) >= 11 is 0. The molecule has 4 nitrogen and oxygen atoms in total. The molecule has 0 bridgehead atoms. The van der Waals surface area contributed by atoms with Crippen LogP contribution in [0.5, 0.6) is 5.75 Å². The van der Waals surface area contributed by atoms with Gasteiger partial charge < -0.3 is 15.6 Å². The summed E-state index contributed by atoms with van der Waals surface area (Å²) < 4.78 is 17.9. The Morgan fingerprint density at radius 2 is 2.33 bits per heavy atom. The van der Waals surface area contributed by atoms with Crippen molar-refractivity contribution >= 4 is 5.97 Å². The van der Waals surface area contributed by atoms with E-state index in [4.69, 9.17) is 15.6 Å². The zero-order valence-electron chi connectivity index (χ0n) is 8.24. The fourth-order valence-electron chi connectivity index (χ4n) is 1.23. The van der Waals surface area contributed by atoms with E-state index in [1.54, 1.807) is 0 Å². The molecule has 0 saturated carbocycles. The quantitative estimate of drug-likeness (QED) is 0.775. The molecule has 1 aromatic carbocycles. The number of aliphatic carboxylic acids is 1. The minimum atomic E-state index is -1.12. The molecule has 0 aliphatic heterocycles. The first-order chi connectivity index (χ1) is 7.04. The molecule has 0 amide bonds. The fraction of sp³-hybridized carbons (Fsp3) is 0.300. The molecule has 0 aromatic heterocycles. The molecular weight excluding hydrogens is 201 g/mol. The maximum absolute atomic E-state index is 12.9. The Balaban J connectivity index is 2.91. The molecule has 3 N–H and O–H groups in total. The number of hydrogen-bond donors (Lipinski definition) is 2. The van der Waals surface area contributed by atoms with Crippen molar-refractivity contribution in [3.8, 4) is 5.75 Å². The van der Waals surface area contributed by atoms with Crippen LogP contribution in [0.4, 0.5) is 4.39 Å². The van der Waals surface area contributed by atoms with Gasteiger partial charge in [0.05, 0.1) is 7.11 Å². The van der Waals surface area contributed by atoms with E-state index in [2.05, 4.69) is 0 Å². The third-order valence-corrected chi connectivity index (χ3v) is 2.00. The van der Waals surface area contributed by atoms with Gasteiger partial charge in [-0.2, -0.15) is 0 Å². The van der Waals surface area contributed by atoms with Crippen LogP contribution in [0, 0.1) is 5.82 Å². The van der Waals surface area contributed by atoms with Crippen LogP contribution >= 0.6 is 0 Å². The van der Waals surface area contributed by atoms with E-state index in [9.17, 15) is 9.18 Å². The summed E-state index contributed by atoms with van der Waals surface area (Å²) in [6.45, 7) is 0. The predicted molar refractivity (Wildman–Crippen MR) is 52.3 cm³/mol. The normalized spacial score (nSPS) is 12.2. The molecule has 0 aliphatic rings. The summed E-state index contributed by atoms with van der Waals surface area (Å²) in [6.07, 6.45) is 0.0380. The second-order valence-electron chi connectivity index (χ2n) is 3.11. The lowest BCUT2D eigenvalue weighted by Crippen LogP contribution is -2.32.